The summed E-state index contributed by atoms with van der Waals surface area (Å²) in [5.74, 6) is -0.0886. The van der Waals surface area contributed by atoms with Crippen LogP contribution in [0.25, 0.3) is 6.08 Å². The molecule has 2 aromatic rings. The van der Waals surface area contributed by atoms with Gasteiger partial charge in [0.1, 0.15) is 0 Å². The molecule has 2 atom stereocenters. The van der Waals surface area contributed by atoms with Crippen molar-refractivity contribution in [2.24, 2.45) is 0 Å². The standard InChI is InChI=1S/C25H29N3O2/c1-19(29)28-16-13-20-9-5-6-12-22(20)23(28)17-25(30)26-18-24(27-14-7-8-15-27)21-10-3-2-4-11-21/h2-6,9-13,16,23-24H,7-8,14-15,17-18H2,1H3,(H,26,30)/t23-,24+/m1/s1. The van der Waals surface area contributed by atoms with Crippen LogP contribution in [0.1, 0.15) is 55.0 Å². The Morgan fingerprint density at radius 3 is 2.47 bits per heavy atom. The van der Waals surface area contributed by atoms with Crippen LogP contribution in [0, 0.1) is 0 Å². The Morgan fingerprint density at radius 1 is 1.03 bits per heavy atom. The number of benzene rings is 2. The van der Waals surface area contributed by atoms with E-state index in [1.165, 1.54) is 18.4 Å². The fraction of sp³-hybridized carbons (Fsp3) is 0.360. The second-order valence-corrected chi connectivity index (χ2v) is 8.06. The maximum atomic E-state index is 12.9. The van der Waals surface area contributed by atoms with Crippen molar-refractivity contribution in [3.05, 3.63) is 77.5 Å². The Balaban J connectivity index is 1.46. The molecule has 0 saturated carbocycles. The van der Waals surface area contributed by atoms with Crippen LogP contribution in [-0.2, 0) is 9.59 Å². The van der Waals surface area contributed by atoms with Crippen molar-refractivity contribution >= 4 is 17.9 Å². The lowest BCUT2D eigenvalue weighted by Crippen LogP contribution is -2.39. The van der Waals surface area contributed by atoms with Crippen molar-refractivity contribution in [1.82, 2.24) is 15.1 Å². The van der Waals surface area contributed by atoms with Gasteiger partial charge in [-0.05, 0) is 48.7 Å². The molecule has 0 aromatic heterocycles. The molecule has 156 valence electrons. The number of hydrogen-bond donors (Lipinski definition) is 1. The summed E-state index contributed by atoms with van der Waals surface area (Å²) in [6.45, 7) is 4.25. The molecule has 2 amide bonds. The average Bonchev–Trinajstić information content (AvgIpc) is 3.29. The molecule has 1 N–H and O–H groups in total. The van der Waals surface area contributed by atoms with E-state index in [-0.39, 0.29) is 30.3 Å². The van der Waals surface area contributed by atoms with Crippen LogP contribution in [0.15, 0.2) is 60.8 Å². The van der Waals surface area contributed by atoms with E-state index in [2.05, 4.69) is 34.5 Å². The van der Waals surface area contributed by atoms with Gasteiger partial charge in [-0.1, -0.05) is 54.6 Å². The third kappa shape index (κ3) is 4.46. The second kappa shape index (κ2) is 9.26. The van der Waals surface area contributed by atoms with E-state index in [0.717, 1.165) is 24.2 Å². The van der Waals surface area contributed by atoms with E-state index >= 15 is 0 Å². The van der Waals surface area contributed by atoms with Gasteiger partial charge in [0.25, 0.3) is 0 Å². The fourth-order valence-corrected chi connectivity index (χ4v) is 4.56. The van der Waals surface area contributed by atoms with E-state index in [1.54, 1.807) is 18.0 Å². The van der Waals surface area contributed by atoms with Gasteiger partial charge in [-0.25, -0.2) is 0 Å². The van der Waals surface area contributed by atoms with Gasteiger partial charge >= 0.3 is 0 Å². The lowest BCUT2D eigenvalue weighted by atomic mass is 9.93. The Bertz CT molecular complexity index is 919. The zero-order chi connectivity index (χ0) is 20.9. The molecule has 1 saturated heterocycles. The van der Waals surface area contributed by atoms with Crippen LogP contribution < -0.4 is 5.32 Å². The van der Waals surface area contributed by atoms with Crippen molar-refractivity contribution in [2.75, 3.05) is 19.6 Å². The zero-order valence-electron chi connectivity index (χ0n) is 17.5. The number of nitrogens with one attached hydrogen (secondary N) is 1. The molecule has 0 unspecified atom stereocenters. The minimum atomic E-state index is -0.273. The Labute approximate surface area is 178 Å². The molecule has 2 heterocycles. The molecule has 1 fully saturated rings. The predicted molar refractivity (Wildman–Crippen MR) is 118 cm³/mol. The summed E-state index contributed by atoms with van der Waals surface area (Å²) >= 11 is 0. The largest absolute Gasteiger partial charge is 0.354 e. The molecular formula is C25H29N3O2. The summed E-state index contributed by atoms with van der Waals surface area (Å²) in [4.78, 5) is 29.2. The van der Waals surface area contributed by atoms with Gasteiger partial charge in [0.05, 0.1) is 18.5 Å². The molecule has 0 bridgehead atoms. The van der Waals surface area contributed by atoms with Gasteiger partial charge in [0.15, 0.2) is 0 Å². The first-order valence-electron chi connectivity index (χ1n) is 10.7. The van der Waals surface area contributed by atoms with E-state index in [1.807, 2.05) is 36.4 Å². The molecule has 2 aromatic carbocycles. The SMILES string of the molecule is CC(=O)N1C=Cc2ccccc2[C@H]1CC(=O)NC[C@@H](c1ccccc1)N1CCCC1. The monoisotopic (exact) mass is 403 g/mol. The minimum absolute atomic E-state index is 0.0310. The summed E-state index contributed by atoms with van der Waals surface area (Å²) in [6.07, 6.45) is 6.39. The summed E-state index contributed by atoms with van der Waals surface area (Å²) in [7, 11) is 0. The molecule has 5 heteroatoms. The number of nitrogens with zero attached hydrogens (tertiary/aromatic N) is 2. The van der Waals surface area contributed by atoms with Crippen LogP contribution in [0.5, 0.6) is 0 Å². The molecule has 0 radical (unpaired) electrons. The molecule has 30 heavy (non-hydrogen) atoms. The smallest absolute Gasteiger partial charge is 0.223 e. The maximum absolute atomic E-state index is 12.9. The van der Waals surface area contributed by atoms with E-state index in [9.17, 15) is 9.59 Å². The highest BCUT2D eigenvalue weighted by molar-refractivity contribution is 5.81. The number of carbonyl (C=O) groups excluding carboxylic acids is 2. The number of amides is 2. The van der Waals surface area contributed by atoms with Gasteiger partial charge in [0.2, 0.25) is 11.8 Å². The lowest BCUT2D eigenvalue weighted by Gasteiger charge is -2.33. The van der Waals surface area contributed by atoms with Crippen LogP contribution in [0.3, 0.4) is 0 Å². The first kappa shape index (κ1) is 20.4. The first-order chi connectivity index (χ1) is 14.6. The average molecular weight is 404 g/mol. The quantitative estimate of drug-likeness (QED) is 0.796. The summed E-state index contributed by atoms with van der Waals surface area (Å²) in [5.41, 5.74) is 3.31. The van der Waals surface area contributed by atoms with Gasteiger partial charge < -0.3 is 10.2 Å². The molecule has 0 aliphatic carbocycles. The summed E-state index contributed by atoms with van der Waals surface area (Å²) < 4.78 is 0. The van der Waals surface area contributed by atoms with Crippen LogP contribution in [0.4, 0.5) is 0 Å². The van der Waals surface area contributed by atoms with Gasteiger partial charge in [-0.2, -0.15) is 0 Å². The molecule has 5 nitrogen and oxygen atoms in total. The minimum Gasteiger partial charge on any atom is -0.354 e. The molecule has 4 rings (SSSR count). The highest BCUT2D eigenvalue weighted by Crippen LogP contribution is 2.33. The lowest BCUT2D eigenvalue weighted by molar-refractivity contribution is -0.130. The van der Waals surface area contributed by atoms with Gasteiger partial charge in [0, 0.05) is 19.7 Å². The van der Waals surface area contributed by atoms with Gasteiger partial charge in [-0.15, -0.1) is 0 Å². The maximum Gasteiger partial charge on any atom is 0.223 e. The second-order valence-electron chi connectivity index (χ2n) is 8.06. The number of fused-ring (bicyclic) bond motifs is 1. The van der Waals surface area contributed by atoms with Crippen LogP contribution in [0.2, 0.25) is 0 Å². The normalized spacial score (nSPS) is 19.4. The summed E-state index contributed by atoms with van der Waals surface area (Å²) in [5, 5.41) is 3.15. The van der Waals surface area contributed by atoms with Crippen LogP contribution >= 0.6 is 0 Å². The Morgan fingerprint density at radius 2 is 1.73 bits per heavy atom. The van der Waals surface area contributed by atoms with Crippen molar-refractivity contribution < 1.29 is 9.59 Å². The third-order valence-electron chi connectivity index (χ3n) is 6.11. The van der Waals surface area contributed by atoms with E-state index < -0.39 is 0 Å². The zero-order valence-corrected chi connectivity index (χ0v) is 17.5. The highest BCUT2D eigenvalue weighted by atomic mass is 16.2. The first-order valence-corrected chi connectivity index (χ1v) is 10.7. The molecule has 2 aliphatic heterocycles. The highest BCUT2D eigenvalue weighted by Gasteiger charge is 2.29. The van der Waals surface area contributed by atoms with Crippen LogP contribution in [-0.4, -0.2) is 41.2 Å². The number of likely N-dealkylation sites (tertiary alicyclic amines) is 1. The third-order valence-corrected chi connectivity index (χ3v) is 6.11. The topological polar surface area (TPSA) is 52.7 Å². The van der Waals surface area contributed by atoms with Crippen molar-refractivity contribution in [3.8, 4) is 0 Å². The van der Waals surface area contributed by atoms with Gasteiger partial charge in [-0.3, -0.25) is 14.5 Å². The van der Waals surface area contributed by atoms with Crippen molar-refractivity contribution in [1.29, 1.82) is 0 Å². The van der Waals surface area contributed by atoms with E-state index in [4.69, 9.17) is 0 Å². The fourth-order valence-electron chi connectivity index (χ4n) is 4.56. The molecule has 0 spiro atoms. The Hall–Kier alpha value is -2.92. The molecular weight excluding hydrogens is 374 g/mol. The van der Waals surface area contributed by atoms with E-state index in [0.29, 0.717) is 6.54 Å². The summed E-state index contributed by atoms with van der Waals surface area (Å²) in [6, 6.07) is 18.3. The van der Waals surface area contributed by atoms with Crippen molar-refractivity contribution in [2.45, 2.75) is 38.3 Å². The van der Waals surface area contributed by atoms with Crippen molar-refractivity contribution in [3.63, 3.8) is 0 Å². The number of hydrogen-bond acceptors (Lipinski definition) is 3. The predicted octanol–water partition coefficient (Wildman–Crippen LogP) is 3.90. The Kier molecular flexibility index (Phi) is 6.29. The number of carbonyl (C=O) groups is 2. The molecule has 2 aliphatic rings. The number of rotatable bonds is 6.